The van der Waals surface area contributed by atoms with Gasteiger partial charge in [0, 0.05) is 11.3 Å². The number of benzene rings is 3. The SMILES string of the molecule is Cc1ccc(C)c(NC(=O)COc2ccccc2/C=C2/C(=O)NC(=O)N(c3ccc(O)cc3)C2=O)c1. The maximum absolute atomic E-state index is 13.1. The molecule has 9 heteroatoms. The first-order chi connectivity index (χ1) is 17.2. The van der Waals surface area contributed by atoms with E-state index in [1.807, 2.05) is 32.0 Å². The maximum atomic E-state index is 13.1. The van der Waals surface area contributed by atoms with Crippen LogP contribution in [0.1, 0.15) is 16.7 Å². The predicted molar refractivity (Wildman–Crippen MR) is 134 cm³/mol. The van der Waals surface area contributed by atoms with Crippen LogP contribution in [0, 0.1) is 13.8 Å². The second-order valence-corrected chi connectivity index (χ2v) is 8.17. The minimum Gasteiger partial charge on any atom is -0.508 e. The number of nitrogens with zero attached hydrogens (tertiary/aromatic N) is 1. The molecule has 1 heterocycles. The summed E-state index contributed by atoms with van der Waals surface area (Å²) in [7, 11) is 0. The number of barbiturate groups is 1. The molecule has 0 bridgehead atoms. The first-order valence-electron chi connectivity index (χ1n) is 11.0. The van der Waals surface area contributed by atoms with E-state index < -0.39 is 17.8 Å². The first kappa shape index (κ1) is 24.2. The van der Waals surface area contributed by atoms with Crippen LogP contribution < -0.4 is 20.3 Å². The molecule has 1 aliphatic rings. The van der Waals surface area contributed by atoms with Gasteiger partial charge in [0.15, 0.2) is 6.61 Å². The van der Waals surface area contributed by atoms with Crippen molar-refractivity contribution in [2.24, 2.45) is 0 Å². The Morgan fingerprint density at radius 1 is 1.03 bits per heavy atom. The zero-order chi connectivity index (χ0) is 25.8. The lowest BCUT2D eigenvalue weighted by atomic mass is 10.1. The molecule has 0 radical (unpaired) electrons. The van der Waals surface area contributed by atoms with Crippen LogP contribution in [0.2, 0.25) is 0 Å². The summed E-state index contributed by atoms with van der Waals surface area (Å²) in [6, 6.07) is 16.8. The fourth-order valence-corrected chi connectivity index (χ4v) is 3.58. The molecule has 4 rings (SSSR count). The second-order valence-electron chi connectivity index (χ2n) is 8.17. The monoisotopic (exact) mass is 485 g/mol. The average molecular weight is 485 g/mol. The van der Waals surface area contributed by atoms with Gasteiger partial charge in [0.05, 0.1) is 5.69 Å². The van der Waals surface area contributed by atoms with Gasteiger partial charge in [-0.1, -0.05) is 30.3 Å². The molecule has 0 aliphatic carbocycles. The van der Waals surface area contributed by atoms with Crippen molar-refractivity contribution in [3.05, 3.63) is 89.0 Å². The van der Waals surface area contributed by atoms with Crippen molar-refractivity contribution in [1.29, 1.82) is 0 Å². The smallest absolute Gasteiger partial charge is 0.335 e. The van der Waals surface area contributed by atoms with Crippen molar-refractivity contribution >= 4 is 41.2 Å². The van der Waals surface area contributed by atoms with E-state index in [9.17, 15) is 24.3 Å². The van der Waals surface area contributed by atoms with Gasteiger partial charge in [-0.05, 0) is 67.4 Å². The Kier molecular flexibility index (Phi) is 6.82. The summed E-state index contributed by atoms with van der Waals surface area (Å²) in [4.78, 5) is 51.2. The Balaban J connectivity index is 1.54. The zero-order valence-corrected chi connectivity index (χ0v) is 19.6. The van der Waals surface area contributed by atoms with Crippen LogP contribution in [0.25, 0.3) is 6.08 Å². The van der Waals surface area contributed by atoms with Crippen LogP contribution in [0.5, 0.6) is 11.5 Å². The lowest BCUT2D eigenvalue weighted by Crippen LogP contribution is -2.54. The standard InChI is InChI=1S/C27H23N3O6/c1-16-7-8-17(2)22(13-16)28-24(32)15-36-23-6-4-3-5-18(23)14-21-25(33)29-27(35)30(26(21)34)19-9-11-20(31)12-10-19/h3-14,31H,15H2,1-2H3,(H,28,32)(H,29,33,35)/b21-14-. The number of ether oxygens (including phenoxy) is 1. The fourth-order valence-electron chi connectivity index (χ4n) is 3.58. The van der Waals surface area contributed by atoms with Crippen LogP contribution in [0.15, 0.2) is 72.3 Å². The zero-order valence-electron chi connectivity index (χ0n) is 19.6. The highest BCUT2D eigenvalue weighted by Gasteiger charge is 2.37. The Morgan fingerprint density at radius 2 is 1.75 bits per heavy atom. The molecule has 3 aromatic carbocycles. The number of rotatable bonds is 6. The Hall–Kier alpha value is -4.92. The molecule has 9 nitrogen and oxygen atoms in total. The third kappa shape index (κ3) is 5.25. The molecule has 0 saturated carbocycles. The number of anilines is 2. The van der Waals surface area contributed by atoms with Gasteiger partial charge >= 0.3 is 6.03 Å². The van der Waals surface area contributed by atoms with Crippen molar-refractivity contribution in [1.82, 2.24) is 5.32 Å². The number of hydrogen-bond acceptors (Lipinski definition) is 6. The van der Waals surface area contributed by atoms with Crippen LogP contribution >= 0.6 is 0 Å². The highest BCUT2D eigenvalue weighted by Crippen LogP contribution is 2.26. The maximum Gasteiger partial charge on any atom is 0.335 e. The van der Waals surface area contributed by atoms with Gasteiger partial charge in [-0.25, -0.2) is 9.69 Å². The number of aromatic hydroxyl groups is 1. The fraction of sp³-hybridized carbons (Fsp3) is 0.111. The van der Waals surface area contributed by atoms with E-state index in [2.05, 4.69) is 10.6 Å². The third-order valence-corrected chi connectivity index (χ3v) is 5.45. The van der Waals surface area contributed by atoms with Crippen LogP contribution in [-0.4, -0.2) is 35.5 Å². The number of imide groups is 2. The van der Waals surface area contributed by atoms with Crippen molar-refractivity contribution in [3.8, 4) is 11.5 Å². The molecule has 3 N–H and O–H groups in total. The van der Waals surface area contributed by atoms with Gasteiger partial charge in [-0.3, -0.25) is 19.7 Å². The summed E-state index contributed by atoms with van der Waals surface area (Å²) in [5.74, 6) is -1.83. The van der Waals surface area contributed by atoms with E-state index in [-0.39, 0.29) is 35.3 Å². The number of para-hydroxylation sites is 1. The van der Waals surface area contributed by atoms with Crippen molar-refractivity contribution in [3.63, 3.8) is 0 Å². The molecule has 36 heavy (non-hydrogen) atoms. The van der Waals surface area contributed by atoms with E-state index in [4.69, 9.17) is 4.74 Å². The number of nitrogens with one attached hydrogen (secondary N) is 2. The van der Waals surface area contributed by atoms with Crippen molar-refractivity contribution < 1.29 is 29.0 Å². The molecular weight excluding hydrogens is 462 g/mol. The van der Waals surface area contributed by atoms with E-state index >= 15 is 0 Å². The van der Waals surface area contributed by atoms with Crippen molar-refractivity contribution in [2.45, 2.75) is 13.8 Å². The first-order valence-corrected chi connectivity index (χ1v) is 11.0. The second kappa shape index (κ2) is 10.1. The van der Waals surface area contributed by atoms with Crippen LogP contribution in [-0.2, 0) is 14.4 Å². The number of phenols is 1. The van der Waals surface area contributed by atoms with E-state index in [1.165, 1.54) is 30.3 Å². The Labute approximate surface area is 207 Å². The highest BCUT2D eigenvalue weighted by atomic mass is 16.5. The summed E-state index contributed by atoms with van der Waals surface area (Å²) in [5.41, 5.74) is 2.86. The topological polar surface area (TPSA) is 125 Å². The number of carbonyl (C=O) groups excluding carboxylic acids is 4. The predicted octanol–water partition coefficient (Wildman–Crippen LogP) is 3.69. The summed E-state index contributed by atoms with van der Waals surface area (Å²) >= 11 is 0. The molecule has 3 aromatic rings. The van der Waals surface area contributed by atoms with Gasteiger partial charge < -0.3 is 15.2 Å². The largest absolute Gasteiger partial charge is 0.508 e. The van der Waals surface area contributed by atoms with Gasteiger partial charge in [0.2, 0.25) is 0 Å². The molecule has 1 aliphatic heterocycles. The average Bonchev–Trinajstić information content (AvgIpc) is 2.84. The van der Waals surface area contributed by atoms with Crippen LogP contribution in [0.4, 0.5) is 16.2 Å². The van der Waals surface area contributed by atoms with Gasteiger partial charge in [-0.2, -0.15) is 0 Å². The van der Waals surface area contributed by atoms with Gasteiger partial charge in [0.1, 0.15) is 17.1 Å². The molecular formula is C27H23N3O6. The quantitative estimate of drug-likeness (QED) is 0.361. The summed E-state index contributed by atoms with van der Waals surface area (Å²) in [5, 5.41) is 14.4. The number of amides is 5. The lowest BCUT2D eigenvalue weighted by molar-refractivity contribution is -0.122. The summed E-state index contributed by atoms with van der Waals surface area (Å²) in [6.45, 7) is 3.51. The minimum atomic E-state index is -0.902. The lowest BCUT2D eigenvalue weighted by Gasteiger charge is -2.26. The Bertz CT molecular complexity index is 1390. The molecule has 1 fully saturated rings. The molecule has 0 spiro atoms. The molecule has 0 atom stereocenters. The number of carbonyl (C=O) groups is 4. The molecule has 0 unspecified atom stereocenters. The van der Waals surface area contributed by atoms with Gasteiger partial charge in [0.25, 0.3) is 17.7 Å². The van der Waals surface area contributed by atoms with E-state index in [1.54, 1.807) is 24.3 Å². The van der Waals surface area contributed by atoms with Crippen LogP contribution in [0.3, 0.4) is 0 Å². The van der Waals surface area contributed by atoms with Gasteiger partial charge in [-0.15, -0.1) is 0 Å². The summed E-state index contributed by atoms with van der Waals surface area (Å²) in [6.07, 6.45) is 1.30. The molecule has 182 valence electrons. The summed E-state index contributed by atoms with van der Waals surface area (Å²) < 4.78 is 5.69. The highest BCUT2D eigenvalue weighted by molar-refractivity contribution is 6.39. The molecule has 5 amide bonds. The van der Waals surface area contributed by atoms with E-state index in [0.717, 1.165) is 16.0 Å². The molecule has 1 saturated heterocycles. The minimum absolute atomic E-state index is 0.0388. The molecule has 0 aromatic heterocycles. The Morgan fingerprint density at radius 3 is 2.50 bits per heavy atom. The third-order valence-electron chi connectivity index (χ3n) is 5.45. The van der Waals surface area contributed by atoms with Crippen molar-refractivity contribution in [2.75, 3.05) is 16.8 Å². The number of phenolic OH excluding ortho intramolecular Hbond substituents is 1. The number of hydrogen-bond donors (Lipinski definition) is 3. The number of urea groups is 1. The van der Waals surface area contributed by atoms with E-state index in [0.29, 0.717) is 11.3 Å². The number of aryl methyl sites for hydroxylation is 2. The normalized spacial score (nSPS) is 14.6.